The minimum atomic E-state index is 0.0637. The quantitative estimate of drug-likeness (QED) is 0.922. The molecule has 1 aromatic carbocycles. The van der Waals surface area contributed by atoms with Crippen molar-refractivity contribution in [1.29, 1.82) is 0 Å². The van der Waals surface area contributed by atoms with E-state index in [9.17, 15) is 4.79 Å². The smallest absolute Gasteiger partial charge is 0.317 e. The third-order valence-electron chi connectivity index (χ3n) is 5.32. The van der Waals surface area contributed by atoms with Gasteiger partial charge in [-0.25, -0.2) is 4.79 Å². The van der Waals surface area contributed by atoms with Crippen LogP contribution in [0.1, 0.15) is 31.7 Å². The highest BCUT2D eigenvalue weighted by atomic mass is 16.5. The zero-order chi connectivity index (χ0) is 17.0. The van der Waals surface area contributed by atoms with Crippen molar-refractivity contribution in [2.45, 2.75) is 38.6 Å². The Morgan fingerprint density at radius 1 is 1.38 bits per heavy atom. The summed E-state index contributed by atoms with van der Waals surface area (Å²) in [4.78, 5) is 14.5. The molecule has 0 bridgehead atoms. The van der Waals surface area contributed by atoms with Crippen LogP contribution in [0.15, 0.2) is 24.3 Å². The summed E-state index contributed by atoms with van der Waals surface area (Å²) < 4.78 is 10.7. The summed E-state index contributed by atoms with van der Waals surface area (Å²) in [5.41, 5.74) is 1.47. The van der Waals surface area contributed by atoms with Crippen molar-refractivity contribution in [3.05, 3.63) is 29.8 Å². The predicted octanol–water partition coefficient (Wildman–Crippen LogP) is 2.84. The number of nitrogens with zero attached hydrogens (tertiary/aromatic N) is 1. The van der Waals surface area contributed by atoms with Gasteiger partial charge in [-0.3, -0.25) is 0 Å². The third kappa shape index (κ3) is 4.01. The maximum absolute atomic E-state index is 12.6. The number of methoxy groups -OCH3 is 1. The number of hydrogen-bond donors (Lipinski definition) is 1. The van der Waals surface area contributed by atoms with Crippen molar-refractivity contribution in [3.8, 4) is 5.75 Å². The SMILES string of the molecule is COc1cccc(C[C@H](C)NC(=O)N2CCC3(CCOCC3)C2)c1. The first-order valence-corrected chi connectivity index (χ1v) is 8.86. The lowest BCUT2D eigenvalue weighted by molar-refractivity contribution is 0.0208. The van der Waals surface area contributed by atoms with Crippen LogP contribution >= 0.6 is 0 Å². The normalized spacial score (nSPS) is 20.8. The molecule has 2 heterocycles. The van der Waals surface area contributed by atoms with Gasteiger partial charge in [0.15, 0.2) is 0 Å². The van der Waals surface area contributed by atoms with E-state index in [0.29, 0.717) is 5.41 Å². The standard InChI is InChI=1S/C19H28N2O3/c1-15(12-16-4-3-5-17(13-16)23-2)20-18(22)21-9-6-19(14-21)7-10-24-11-8-19/h3-5,13,15H,6-12,14H2,1-2H3,(H,20,22)/t15-/m0/s1. The number of carbonyl (C=O) groups excluding carboxylic acids is 1. The molecule has 2 saturated heterocycles. The van der Waals surface area contributed by atoms with E-state index < -0.39 is 0 Å². The Morgan fingerprint density at radius 3 is 2.92 bits per heavy atom. The van der Waals surface area contributed by atoms with Crippen LogP contribution in [0.2, 0.25) is 0 Å². The largest absolute Gasteiger partial charge is 0.497 e. The first-order chi connectivity index (χ1) is 11.6. The fourth-order valence-electron chi connectivity index (χ4n) is 3.83. The summed E-state index contributed by atoms with van der Waals surface area (Å²) in [7, 11) is 1.67. The fraction of sp³-hybridized carbons (Fsp3) is 0.632. The van der Waals surface area contributed by atoms with E-state index in [1.54, 1.807) is 7.11 Å². The molecule has 1 aromatic rings. The zero-order valence-corrected chi connectivity index (χ0v) is 14.7. The molecule has 0 aliphatic carbocycles. The van der Waals surface area contributed by atoms with Crippen molar-refractivity contribution < 1.29 is 14.3 Å². The minimum absolute atomic E-state index is 0.0637. The summed E-state index contributed by atoms with van der Waals surface area (Å²) >= 11 is 0. The van der Waals surface area contributed by atoms with Crippen LogP contribution in [-0.2, 0) is 11.2 Å². The van der Waals surface area contributed by atoms with Gasteiger partial charge in [0.1, 0.15) is 5.75 Å². The number of nitrogens with one attached hydrogen (secondary N) is 1. The first kappa shape index (κ1) is 17.1. The summed E-state index contributed by atoms with van der Waals surface area (Å²) in [5, 5.41) is 3.14. The molecule has 0 aromatic heterocycles. The maximum Gasteiger partial charge on any atom is 0.317 e. The Morgan fingerprint density at radius 2 is 2.17 bits per heavy atom. The Labute approximate surface area is 144 Å². The van der Waals surface area contributed by atoms with Crippen LogP contribution in [0.3, 0.4) is 0 Å². The average Bonchev–Trinajstić information content (AvgIpc) is 2.99. The number of hydrogen-bond acceptors (Lipinski definition) is 3. The molecule has 0 unspecified atom stereocenters. The predicted molar refractivity (Wildman–Crippen MR) is 93.4 cm³/mol. The lowest BCUT2D eigenvalue weighted by Crippen LogP contribution is -2.44. The molecule has 2 aliphatic rings. The second-order valence-corrected chi connectivity index (χ2v) is 7.19. The van der Waals surface area contributed by atoms with E-state index in [-0.39, 0.29) is 12.1 Å². The molecule has 0 radical (unpaired) electrons. The van der Waals surface area contributed by atoms with Crippen LogP contribution < -0.4 is 10.1 Å². The molecular weight excluding hydrogens is 304 g/mol. The van der Waals surface area contributed by atoms with E-state index in [1.165, 1.54) is 5.56 Å². The molecule has 5 heteroatoms. The summed E-state index contributed by atoms with van der Waals surface area (Å²) in [6, 6.07) is 8.17. The Kier molecular flexibility index (Phi) is 5.29. The summed E-state index contributed by atoms with van der Waals surface area (Å²) in [6.07, 6.45) is 4.07. The average molecular weight is 332 g/mol. The second-order valence-electron chi connectivity index (χ2n) is 7.19. The van der Waals surface area contributed by atoms with Gasteiger partial charge >= 0.3 is 6.03 Å². The molecular formula is C19H28N2O3. The second kappa shape index (κ2) is 7.43. The first-order valence-electron chi connectivity index (χ1n) is 8.86. The molecule has 132 valence electrons. The highest BCUT2D eigenvalue weighted by Gasteiger charge is 2.41. The molecule has 2 amide bonds. The Balaban J connectivity index is 1.51. The molecule has 0 saturated carbocycles. The van der Waals surface area contributed by atoms with Crippen molar-refractivity contribution >= 4 is 6.03 Å². The Bertz CT molecular complexity index is 569. The van der Waals surface area contributed by atoms with Gasteiger partial charge in [0.25, 0.3) is 0 Å². The fourth-order valence-corrected chi connectivity index (χ4v) is 3.83. The van der Waals surface area contributed by atoms with E-state index in [4.69, 9.17) is 9.47 Å². The van der Waals surface area contributed by atoms with E-state index in [0.717, 1.165) is 57.7 Å². The van der Waals surface area contributed by atoms with Gasteiger partial charge in [0, 0.05) is 32.3 Å². The minimum Gasteiger partial charge on any atom is -0.497 e. The van der Waals surface area contributed by atoms with Gasteiger partial charge in [0.2, 0.25) is 0 Å². The van der Waals surface area contributed by atoms with Crippen LogP contribution in [0.5, 0.6) is 5.75 Å². The van der Waals surface area contributed by atoms with Crippen LogP contribution in [0.4, 0.5) is 4.79 Å². The lowest BCUT2D eigenvalue weighted by Gasteiger charge is -2.33. The number of benzene rings is 1. The van der Waals surface area contributed by atoms with Crippen LogP contribution in [-0.4, -0.2) is 50.4 Å². The Hall–Kier alpha value is -1.75. The van der Waals surface area contributed by atoms with Gasteiger partial charge in [-0.2, -0.15) is 0 Å². The molecule has 1 atom stereocenters. The van der Waals surface area contributed by atoms with E-state index >= 15 is 0 Å². The third-order valence-corrected chi connectivity index (χ3v) is 5.32. The van der Waals surface area contributed by atoms with Crippen LogP contribution in [0, 0.1) is 5.41 Å². The number of rotatable bonds is 4. The van der Waals surface area contributed by atoms with Gasteiger partial charge in [-0.1, -0.05) is 12.1 Å². The molecule has 5 nitrogen and oxygen atoms in total. The number of urea groups is 1. The lowest BCUT2D eigenvalue weighted by atomic mass is 9.80. The van der Waals surface area contributed by atoms with Crippen LogP contribution in [0.25, 0.3) is 0 Å². The molecule has 1 N–H and O–H groups in total. The highest BCUT2D eigenvalue weighted by Crippen LogP contribution is 2.39. The highest BCUT2D eigenvalue weighted by molar-refractivity contribution is 5.75. The zero-order valence-electron chi connectivity index (χ0n) is 14.7. The molecule has 24 heavy (non-hydrogen) atoms. The van der Waals surface area contributed by atoms with Gasteiger partial charge in [-0.05, 0) is 55.7 Å². The number of carbonyl (C=O) groups is 1. The van der Waals surface area contributed by atoms with E-state index in [2.05, 4.69) is 18.3 Å². The van der Waals surface area contributed by atoms with Crippen molar-refractivity contribution in [1.82, 2.24) is 10.2 Å². The topological polar surface area (TPSA) is 50.8 Å². The molecule has 2 aliphatic heterocycles. The number of likely N-dealkylation sites (tertiary alicyclic amines) is 1. The van der Waals surface area contributed by atoms with Gasteiger partial charge in [0.05, 0.1) is 7.11 Å². The maximum atomic E-state index is 12.6. The summed E-state index contributed by atoms with van der Waals surface area (Å²) in [6.45, 7) is 5.45. The molecule has 1 spiro atoms. The van der Waals surface area contributed by atoms with Crippen molar-refractivity contribution in [3.63, 3.8) is 0 Å². The number of amides is 2. The van der Waals surface area contributed by atoms with Gasteiger partial charge in [-0.15, -0.1) is 0 Å². The monoisotopic (exact) mass is 332 g/mol. The molecule has 2 fully saturated rings. The summed E-state index contributed by atoms with van der Waals surface area (Å²) in [5.74, 6) is 0.854. The number of ether oxygens (including phenoxy) is 2. The molecule has 3 rings (SSSR count). The van der Waals surface area contributed by atoms with E-state index in [1.807, 2.05) is 23.1 Å². The van der Waals surface area contributed by atoms with Crippen molar-refractivity contribution in [2.24, 2.45) is 5.41 Å². The van der Waals surface area contributed by atoms with Gasteiger partial charge < -0.3 is 19.7 Å². The van der Waals surface area contributed by atoms with Crippen molar-refractivity contribution in [2.75, 3.05) is 33.4 Å².